The zero-order valence-corrected chi connectivity index (χ0v) is 10.7. The third-order valence-electron chi connectivity index (χ3n) is 3.10. The molecule has 0 aromatic carbocycles. The molecule has 1 fully saturated rings. The third-order valence-corrected chi connectivity index (χ3v) is 3.10. The predicted molar refractivity (Wildman–Crippen MR) is 66.1 cm³/mol. The molecule has 1 amide bonds. The maximum atomic E-state index is 12.8. The van der Waals surface area contributed by atoms with Crippen molar-refractivity contribution in [3.8, 4) is 0 Å². The molecule has 0 aliphatic carbocycles. The fraction of sp³-hybridized carbons (Fsp3) is 0.545. The third kappa shape index (κ3) is 2.75. The number of amides is 1. The average Bonchev–Trinajstić information content (AvgIpc) is 2.86. The number of carbonyl (C=O) groups excluding carboxylic acids is 1. The molecule has 110 valence electrons. The van der Waals surface area contributed by atoms with E-state index in [1.807, 2.05) is 0 Å². The number of hydrogen-bond donors (Lipinski definition) is 2. The molecule has 1 saturated heterocycles. The first-order chi connectivity index (χ1) is 9.32. The highest BCUT2D eigenvalue weighted by molar-refractivity contribution is 5.84. The summed E-state index contributed by atoms with van der Waals surface area (Å²) in [7, 11) is 1.43. The standard InChI is InChI=1S/C11H14F3N5O/c1-16-10-17-7(11(12,13)14)5-8(18-10)19-4-2-3-6(19)9(15)20/h5-6H,2-4H2,1H3,(H2,15,20)(H,16,17,18). The van der Waals surface area contributed by atoms with E-state index in [4.69, 9.17) is 5.73 Å². The normalized spacial score (nSPS) is 19.2. The molecule has 2 rings (SSSR count). The van der Waals surface area contributed by atoms with Crippen LogP contribution in [0.15, 0.2) is 6.07 Å². The van der Waals surface area contributed by atoms with Crippen LogP contribution in [0.4, 0.5) is 24.9 Å². The Hall–Kier alpha value is -2.06. The van der Waals surface area contributed by atoms with E-state index in [0.29, 0.717) is 19.4 Å². The SMILES string of the molecule is CNc1nc(N2CCCC2C(N)=O)cc(C(F)(F)F)n1. The number of nitrogens with two attached hydrogens (primary N) is 1. The summed E-state index contributed by atoms with van der Waals surface area (Å²) >= 11 is 0. The maximum absolute atomic E-state index is 12.8. The molecule has 0 spiro atoms. The van der Waals surface area contributed by atoms with Crippen molar-refractivity contribution in [1.29, 1.82) is 0 Å². The lowest BCUT2D eigenvalue weighted by Crippen LogP contribution is -2.41. The molecule has 1 aliphatic rings. The van der Waals surface area contributed by atoms with Crippen LogP contribution in [0.5, 0.6) is 0 Å². The van der Waals surface area contributed by atoms with E-state index in [-0.39, 0.29) is 11.8 Å². The van der Waals surface area contributed by atoms with Crippen LogP contribution in [0.25, 0.3) is 0 Å². The van der Waals surface area contributed by atoms with Gasteiger partial charge >= 0.3 is 6.18 Å². The first-order valence-electron chi connectivity index (χ1n) is 6.03. The van der Waals surface area contributed by atoms with Crippen molar-refractivity contribution in [1.82, 2.24) is 9.97 Å². The highest BCUT2D eigenvalue weighted by atomic mass is 19.4. The van der Waals surface area contributed by atoms with Gasteiger partial charge < -0.3 is 16.0 Å². The molecule has 1 atom stereocenters. The Morgan fingerprint density at radius 2 is 2.20 bits per heavy atom. The molecule has 6 nitrogen and oxygen atoms in total. The van der Waals surface area contributed by atoms with Crippen LogP contribution < -0.4 is 16.0 Å². The highest BCUT2D eigenvalue weighted by Crippen LogP contribution is 2.32. The van der Waals surface area contributed by atoms with Crippen LogP contribution >= 0.6 is 0 Å². The van der Waals surface area contributed by atoms with Crippen molar-refractivity contribution in [3.63, 3.8) is 0 Å². The number of halogens is 3. The van der Waals surface area contributed by atoms with Gasteiger partial charge in [-0.15, -0.1) is 0 Å². The number of aromatic nitrogens is 2. The zero-order chi connectivity index (χ0) is 14.9. The molecule has 1 aliphatic heterocycles. The Kier molecular flexibility index (Phi) is 3.69. The van der Waals surface area contributed by atoms with Crippen molar-refractivity contribution in [2.45, 2.75) is 25.1 Å². The predicted octanol–water partition coefficient (Wildman–Crippen LogP) is 0.991. The van der Waals surface area contributed by atoms with E-state index in [0.717, 1.165) is 6.07 Å². The maximum Gasteiger partial charge on any atom is 0.433 e. The van der Waals surface area contributed by atoms with Gasteiger partial charge in [0.2, 0.25) is 11.9 Å². The van der Waals surface area contributed by atoms with Gasteiger partial charge in [0.25, 0.3) is 0 Å². The van der Waals surface area contributed by atoms with Crippen LogP contribution in [0.3, 0.4) is 0 Å². The molecule has 1 aromatic rings. The van der Waals surface area contributed by atoms with Crippen molar-refractivity contribution in [3.05, 3.63) is 11.8 Å². The minimum atomic E-state index is -4.58. The highest BCUT2D eigenvalue weighted by Gasteiger charge is 2.36. The molecule has 3 N–H and O–H groups in total. The largest absolute Gasteiger partial charge is 0.433 e. The number of anilines is 2. The van der Waals surface area contributed by atoms with Crippen LogP contribution in [0, 0.1) is 0 Å². The second-order valence-corrected chi connectivity index (χ2v) is 4.44. The second kappa shape index (κ2) is 5.14. The summed E-state index contributed by atoms with van der Waals surface area (Å²) in [6.07, 6.45) is -3.39. The summed E-state index contributed by atoms with van der Waals surface area (Å²) in [6, 6.07) is 0.206. The van der Waals surface area contributed by atoms with E-state index < -0.39 is 23.8 Å². The Morgan fingerprint density at radius 3 is 2.75 bits per heavy atom. The lowest BCUT2D eigenvalue weighted by atomic mass is 10.2. The van der Waals surface area contributed by atoms with E-state index in [9.17, 15) is 18.0 Å². The molecule has 2 heterocycles. The van der Waals surface area contributed by atoms with Crippen LogP contribution in [-0.4, -0.2) is 35.5 Å². The number of carbonyl (C=O) groups is 1. The van der Waals surface area contributed by atoms with Crippen molar-refractivity contribution >= 4 is 17.7 Å². The summed E-state index contributed by atoms with van der Waals surface area (Å²) in [6.45, 7) is 0.436. The van der Waals surface area contributed by atoms with Crippen molar-refractivity contribution < 1.29 is 18.0 Å². The summed E-state index contributed by atoms with van der Waals surface area (Å²) < 4.78 is 38.4. The van der Waals surface area contributed by atoms with Gasteiger partial charge in [0, 0.05) is 19.7 Å². The fourth-order valence-corrected chi connectivity index (χ4v) is 2.18. The molecule has 0 bridgehead atoms. The number of nitrogens with one attached hydrogen (secondary N) is 1. The number of alkyl halides is 3. The van der Waals surface area contributed by atoms with Crippen LogP contribution in [0.2, 0.25) is 0 Å². The molecular weight excluding hydrogens is 275 g/mol. The summed E-state index contributed by atoms with van der Waals surface area (Å²) in [4.78, 5) is 20.2. The monoisotopic (exact) mass is 289 g/mol. The van der Waals surface area contributed by atoms with E-state index in [2.05, 4.69) is 15.3 Å². The van der Waals surface area contributed by atoms with Gasteiger partial charge in [0.15, 0.2) is 5.69 Å². The molecule has 1 aromatic heterocycles. The van der Waals surface area contributed by atoms with Gasteiger partial charge in [-0.25, -0.2) is 4.98 Å². The summed E-state index contributed by atoms with van der Waals surface area (Å²) in [5, 5.41) is 2.48. The van der Waals surface area contributed by atoms with E-state index >= 15 is 0 Å². The van der Waals surface area contributed by atoms with Crippen molar-refractivity contribution in [2.75, 3.05) is 23.8 Å². The van der Waals surface area contributed by atoms with Gasteiger partial charge in [0.1, 0.15) is 11.9 Å². The molecule has 1 unspecified atom stereocenters. The van der Waals surface area contributed by atoms with Gasteiger partial charge in [-0.1, -0.05) is 0 Å². The lowest BCUT2D eigenvalue weighted by molar-refractivity contribution is -0.141. The molecule has 9 heteroatoms. The topological polar surface area (TPSA) is 84.1 Å². The zero-order valence-electron chi connectivity index (χ0n) is 10.7. The number of hydrogen-bond acceptors (Lipinski definition) is 5. The second-order valence-electron chi connectivity index (χ2n) is 4.44. The Balaban J connectivity index is 2.43. The minimum absolute atomic E-state index is 0.0537. The Morgan fingerprint density at radius 1 is 1.50 bits per heavy atom. The Labute approximate surface area is 113 Å². The number of nitrogens with zero attached hydrogens (tertiary/aromatic N) is 3. The quantitative estimate of drug-likeness (QED) is 0.867. The van der Waals surface area contributed by atoms with Crippen molar-refractivity contribution in [2.24, 2.45) is 5.73 Å². The summed E-state index contributed by atoms with van der Waals surface area (Å²) in [5.41, 5.74) is 4.20. The summed E-state index contributed by atoms with van der Waals surface area (Å²) in [5.74, 6) is -0.663. The molecule has 20 heavy (non-hydrogen) atoms. The Bertz CT molecular complexity index is 519. The smallest absolute Gasteiger partial charge is 0.368 e. The first-order valence-corrected chi connectivity index (χ1v) is 6.03. The van der Waals surface area contributed by atoms with E-state index in [1.54, 1.807) is 0 Å². The minimum Gasteiger partial charge on any atom is -0.368 e. The molecular formula is C11H14F3N5O. The van der Waals surface area contributed by atoms with Gasteiger partial charge in [-0.3, -0.25) is 4.79 Å². The van der Waals surface area contributed by atoms with E-state index in [1.165, 1.54) is 11.9 Å². The number of rotatable bonds is 3. The average molecular weight is 289 g/mol. The lowest BCUT2D eigenvalue weighted by Gasteiger charge is -2.24. The first kappa shape index (κ1) is 14.4. The number of primary amides is 1. The van der Waals surface area contributed by atoms with Crippen LogP contribution in [-0.2, 0) is 11.0 Å². The molecule has 0 radical (unpaired) electrons. The van der Waals surface area contributed by atoms with Gasteiger partial charge in [-0.2, -0.15) is 18.2 Å². The van der Waals surface area contributed by atoms with Gasteiger partial charge in [0.05, 0.1) is 0 Å². The van der Waals surface area contributed by atoms with Gasteiger partial charge in [-0.05, 0) is 12.8 Å². The van der Waals surface area contributed by atoms with Crippen LogP contribution in [0.1, 0.15) is 18.5 Å². The molecule has 0 saturated carbocycles. The fourth-order valence-electron chi connectivity index (χ4n) is 2.18.